The van der Waals surface area contributed by atoms with Crippen LogP contribution in [0.2, 0.25) is 0 Å². The van der Waals surface area contributed by atoms with Crippen molar-refractivity contribution >= 4 is 33.3 Å². The van der Waals surface area contributed by atoms with E-state index < -0.39 is 5.97 Å². The van der Waals surface area contributed by atoms with Crippen molar-refractivity contribution in [2.75, 3.05) is 20.3 Å². The second-order valence-electron chi connectivity index (χ2n) is 9.44. The molecule has 5 nitrogen and oxygen atoms in total. The molecule has 1 heterocycles. The zero-order valence-corrected chi connectivity index (χ0v) is 19.5. The molecule has 7 heteroatoms. The number of benzene rings is 1. The lowest BCUT2D eigenvalue weighted by molar-refractivity contribution is -0.145. The van der Waals surface area contributed by atoms with Crippen molar-refractivity contribution in [1.29, 1.82) is 0 Å². The maximum absolute atomic E-state index is 13.8. The number of halogens is 1. The number of rotatable bonds is 8. The Morgan fingerprint density at radius 2 is 2.09 bits per heavy atom. The van der Waals surface area contributed by atoms with Crippen molar-refractivity contribution in [3.63, 3.8) is 0 Å². The summed E-state index contributed by atoms with van der Waals surface area (Å²) in [5.74, 6) is 0.601. The maximum Gasteiger partial charge on any atom is 0.331 e. The molecule has 1 aromatic heterocycles. The Kier molecular flexibility index (Phi) is 6.67. The zero-order chi connectivity index (χ0) is 22.9. The fourth-order valence-corrected chi connectivity index (χ4v) is 6.30. The highest BCUT2D eigenvalue weighted by atomic mass is 32.1. The van der Waals surface area contributed by atoms with Gasteiger partial charge in [-0.05, 0) is 60.6 Å². The van der Waals surface area contributed by atoms with Crippen molar-refractivity contribution in [3.05, 3.63) is 47.1 Å². The molecular formula is C25H30FNO4S. The fourth-order valence-electron chi connectivity index (χ4n) is 5.38. The predicted molar refractivity (Wildman–Crippen MR) is 123 cm³/mol. The first-order chi connectivity index (χ1) is 15.3. The van der Waals surface area contributed by atoms with Crippen LogP contribution in [0.3, 0.4) is 0 Å². The van der Waals surface area contributed by atoms with Gasteiger partial charge in [-0.1, -0.05) is 26.0 Å². The minimum Gasteiger partial charge on any atom is -0.467 e. The number of ether oxygens (including phenoxy) is 2. The molecule has 172 valence electrons. The number of hydrogen-bond donors (Lipinski definition) is 1. The summed E-state index contributed by atoms with van der Waals surface area (Å²) in [5, 5.41) is 5.82. The standard InChI is InChI=1S/C25H30FNO4S/c1-25(2)16-10-15(6-4-5-9-31-13-22(28)30-3)23(20(25)11-16)27-24(29)19-14-32-21-8-7-17(26)12-18(19)21/h4-5,7-8,12,14-16,20,23H,6,9-11,13H2,1-3H3,(H,27,29)/b5-4-/t15-,16+,20+,23+/m0/s1. The SMILES string of the molecule is COC(=O)COC/C=C\C[C@H]1C[C@@H]2C[C@H]([C@@H]1NC(=O)c1csc3ccc(F)cc13)C2(C)C. The lowest BCUT2D eigenvalue weighted by Crippen LogP contribution is -2.63. The van der Waals surface area contributed by atoms with E-state index in [1.165, 1.54) is 30.6 Å². The summed E-state index contributed by atoms with van der Waals surface area (Å²) in [6, 6.07) is 4.67. The second kappa shape index (κ2) is 9.32. The van der Waals surface area contributed by atoms with Crippen LogP contribution in [0.5, 0.6) is 0 Å². The summed E-state index contributed by atoms with van der Waals surface area (Å²) in [7, 11) is 1.33. The van der Waals surface area contributed by atoms with Gasteiger partial charge in [0.05, 0.1) is 19.3 Å². The van der Waals surface area contributed by atoms with Crippen molar-refractivity contribution in [1.82, 2.24) is 5.32 Å². The molecule has 3 aliphatic carbocycles. The molecule has 32 heavy (non-hydrogen) atoms. The van der Waals surface area contributed by atoms with Gasteiger partial charge >= 0.3 is 5.97 Å². The molecule has 0 aliphatic heterocycles. The van der Waals surface area contributed by atoms with E-state index in [1.54, 1.807) is 6.07 Å². The average molecular weight is 460 g/mol. The molecule has 0 unspecified atom stereocenters. The van der Waals surface area contributed by atoms with Crippen LogP contribution in [-0.2, 0) is 14.3 Å². The van der Waals surface area contributed by atoms with E-state index in [1.807, 2.05) is 11.5 Å². The van der Waals surface area contributed by atoms with Crippen LogP contribution in [0.4, 0.5) is 4.39 Å². The highest BCUT2D eigenvalue weighted by molar-refractivity contribution is 7.17. The topological polar surface area (TPSA) is 64.6 Å². The van der Waals surface area contributed by atoms with Gasteiger partial charge in [-0.2, -0.15) is 0 Å². The van der Waals surface area contributed by atoms with Gasteiger partial charge < -0.3 is 14.8 Å². The van der Waals surface area contributed by atoms with Crippen LogP contribution in [0.15, 0.2) is 35.7 Å². The van der Waals surface area contributed by atoms with E-state index >= 15 is 0 Å². The third-order valence-corrected chi connectivity index (χ3v) is 8.38. The van der Waals surface area contributed by atoms with Gasteiger partial charge in [0.1, 0.15) is 12.4 Å². The fraction of sp³-hybridized carbons (Fsp3) is 0.520. The highest BCUT2D eigenvalue weighted by Gasteiger charge is 2.57. The first-order valence-electron chi connectivity index (χ1n) is 11.1. The Labute approximate surface area is 192 Å². The Balaban J connectivity index is 1.43. The van der Waals surface area contributed by atoms with Crippen LogP contribution < -0.4 is 5.32 Å². The van der Waals surface area contributed by atoms with E-state index in [0.717, 1.165) is 24.0 Å². The molecule has 5 rings (SSSR count). The number of allylic oxidation sites excluding steroid dienone is 1. The third kappa shape index (κ3) is 4.46. The molecule has 1 amide bonds. The molecule has 4 atom stereocenters. The number of thiophene rings is 1. The molecule has 2 bridgehead atoms. The van der Waals surface area contributed by atoms with E-state index in [2.05, 4.69) is 30.0 Å². The molecule has 2 aromatic rings. The van der Waals surface area contributed by atoms with E-state index in [4.69, 9.17) is 4.74 Å². The van der Waals surface area contributed by atoms with Crippen LogP contribution in [0.1, 0.15) is 43.5 Å². The van der Waals surface area contributed by atoms with Crippen molar-refractivity contribution in [2.45, 2.75) is 39.2 Å². The Hall–Kier alpha value is -2.25. The number of esters is 1. The molecule has 3 fully saturated rings. The third-order valence-electron chi connectivity index (χ3n) is 7.42. The predicted octanol–water partition coefficient (Wildman–Crippen LogP) is 4.96. The van der Waals surface area contributed by atoms with Crippen molar-refractivity contribution in [3.8, 4) is 0 Å². The van der Waals surface area contributed by atoms with Gasteiger partial charge in [-0.15, -0.1) is 11.3 Å². The lowest BCUT2D eigenvalue weighted by atomic mass is 9.44. The molecule has 0 saturated heterocycles. The van der Waals surface area contributed by atoms with E-state index in [-0.39, 0.29) is 29.8 Å². The molecule has 3 saturated carbocycles. The van der Waals surface area contributed by atoms with Gasteiger partial charge in [0.25, 0.3) is 5.91 Å². The van der Waals surface area contributed by atoms with Gasteiger partial charge in [0, 0.05) is 21.5 Å². The average Bonchev–Trinajstić information content (AvgIpc) is 3.19. The summed E-state index contributed by atoms with van der Waals surface area (Å²) in [6.45, 7) is 4.89. The monoisotopic (exact) mass is 459 g/mol. The first kappa shape index (κ1) is 22.9. The number of hydrogen-bond acceptors (Lipinski definition) is 5. The molecule has 3 aliphatic rings. The normalized spacial score (nSPS) is 26.1. The van der Waals surface area contributed by atoms with Crippen molar-refractivity contribution < 1.29 is 23.5 Å². The van der Waals surface area contributed by atoms with Crippen LogP contribution in [0.25, 0.3) is 10.1 Å². The Morgan fingerprint density at radius 3 is 2.84 bits per heavy atom. The Bertz CT molecular complexity index is 1030. The zero-order valence-electron chi connectivity index (χ0n) is 18.7. The molecule has 1 aromatic carbocycles. The van der Waals surface area contributed by atoms with Crippen LogP contribution in [0, 0.1) is 29.0 Å². The van der Waals surface area contributed by atoms with Crippen LogP contribution in [-0.4, -0.2) is 38.2 Å². The number of carbonyl (C=O) groups is 2. The summed E-state index contributed by atoms with van der Waals surface area (Å²) in [5.41, 5.74) is 0.763. The van der Waals surface area contributed by atoms with Crippen molar-refractivity contribution in [2.24, 2.45) is 23.2 Å². The summed E-state index contributed by atoms with van der Waals surface area (Å²) < 4.78 is 24.5. The molecule has 0 radical (unpaired) electrons. The minimum atomic E-state index is -0.392. The number of fused-ring (bicyclic) bond motifs is 3. The maximum atomic E-state index is 13.8. The number of carbonyl (C=O) groups excluding carboxylic acids is 2. The smallest absolute Gasteiger partial charge is 0.331 e. The number of amides is 1. The molecular weight excluding hydrogens is 429 g/mol. The van der Waals surface area contributed by atoms with Crippen LogP contribution >= 0.6 is 11.3 Å². The first-order valence-corrected chi connectivity index (χ1v) is 12.0. The van der Waals surface area contributed by atoms with Gasteiger partial charge in [-0.3, -0.25) is 4.79 Å². The minimum absolute atomic E-state index is 0.0590. The largest absolute Gasteiger partial charge is 0.467 e. The lowest BCUT2D eigenvalue weighted by Gasteiger charge is -2.62. The summed E-state index contributed by atoms with van der Waals surface area (Å²) in [4.78, 5) is 24.3. The summed E-state index contributed by atoms with van der Waals surface area (Å²) >= 11 is 1.46. The second-order valence-corrected chi connectivity index (χ2v) is 10.4. The van der Waals surface area contributed by atoms with Gasteiger partial charge in [0.15, 0.2) is 0 Å². The number of methoxy groups -OCH3 is 1. The number of nitrogens with one attached hydrogen (secondary N) is 1. The highest BCUT2D eigenvalue weighted by Crippen LogP contribution is 2.61. The van der Waals surface area contributed by atoms with Gasteiger partial charge in [-0.25, -0.2) is 9.18 Å². The summed E-state index contributed by atoms with van der Waals surface area (Å²) in [6.07, 6.45) is 7.05. The van der Waals surface area contributed by atoms with E-state index in [0.29, 0.717) is 35.3 Å². The quantitative estimate of drug-likeness (QED) is 0.344. The van der Waals surface area contributed by atoms with E-state index in [9.17, 15) is 14.0 Å². The molecule has 0 spiro atoms. The Morgan fingerprint density at radius 1 is 1.28 bits per heavy atom. The molecule has 1 N–H and O–H groups in total. The van der Waals surface area contributed by atoms with Gasteiger partial charge in [0.2, 0.25) is 0 Å².